The van der Waals surface area contributed by atoms with Crippen LogP contribution in [0.4, 0.5) is 0 Å². The van der Waals surface area contributed by atoms with Gasteiger partial charge in [-0.2, -0.15) is 5.10 Å². The molecule has 25 heavy (non-hydrogen) atoms. The summed E-state index contributed by atoms with van der Waals surface area (Å²) >= 11 is 12.2. The summed E-state index contributed by atoms with van der Waals surface area (Å²) in [5.74, 6) is 0.0747. The van der Waals surface area contributed by atoms with Crippen LogP contribution >= 0.6 is 23.2 Å². The van der Waals surface area contributed by atoms with E-state index in [9.17, 15) is 4.79 Å². The molecule has 1 heterocycles. The number of benzene rings is 2. The minimum Gasteiger partial charge on any atom is -0.494 e. The van der Waals surface area contributed by atoms with E-state index in [1.165, 1.54) is 19.2 Å². The molecule has 0 saturated carbocycles. The highest BCUT2D eigenvalue weighted by Gasteiger charge is 2.14. The summed E-state index contributed by atoms with van der Waals surface area (Å²) in [5, 5.41) is 7.68. The van der Waals surface area contributed by atoms with Crippen LogP contribution in [0.1, 0.15) is 15.9 Å². The second-order valence-corrected chi connectivity index (χ2v) is 6.05. The molecule has 7 heteroatoms. The Balaban J connectivity index is 1.78. The largest absolute Gasteiger partial charge is 0.494 e. The number of amides is 1. The zero-order valence-electron chi connectivity index (χ0n) is 13.4. The van der Waals surface area contributed by atoms with E-state index in [1.54, 1.807) is 10.9 Å². The van der Waals surface area contributed by atoms with Gasteiger partial charge in [0, 0.05) is 24.5 Å². The van der Waals surface area contributed by atoms with Crippen molar-refractivity contribution in [1.82, 2.24) is 15.1 Å². The number of nitrogens with zero attached hydrogens (tertiary/aromatic N) is 2. The molecule has 0 radical (unpaired) electrons. The fourth-order valence-electron chi connectivity index (χ4n) is 2.46. The molecule has 0 saturated heterocycles. The summed E-state index contributed by atoms with van der Waals surface area (Å²) in [6.07, 6.45) is 3.56. The van der Waals surface area contributed by atoms with Gasteiger partial charge in [0.2, 0.25) is 0 Å². The summed E-state index contributed by atoms with van der Waals surface area (Å²) in [6.45, 7) is 0.343. The number of carbonyl (C=O) groups excluding carboxylic acids is 1. The van der Waals surface area contributed by atoms with Gasteiger partial charge in [0.15, 0.2) is 5.75 Å². The zero-order chi connectivity index (χ0) is 17.8. The topological polar surface area (TPSA) is 56.1 Å². The average molecular weight is 376 g/mol. The lowest BCUT2D eigenvalue weighted by Gasteiger charge is -2.12. The van der Waals surface area contributed by atoms with Crippen LogP contribution in [0.3, 0.4) is 0 Å². The van der Waals surface area contributed by atoms with Crippen molar-refractivity contribution < 1.29 is 9.53 Å². The van der Waals surface area contributed by atoms with Crippen molar-refractivity contribution in [1.29, 1.82) is 0 Å². The van der Waals surface area contributed by atoms with E-state index in [4.69, 9.17) is 27.9 Å². The van der Waals surface area contributed by atoms with Crippen LogP contribution in [0.25, 0.3) is 5.69 Å². The molecule has 1 aromatic heterocycles. The Hall–Kier alpha value is -2.50. The fourth-order valence-corrected chi connectivity index (χ4v) is 3.10. The van der Waals surface area contributed by atoms with Crippen molar-refractivity contribution in [3.05, 3.63) is 76.0 Å². The summed E-state index contributed by atoms with van der Waals surface area (Å²) < 4.78 is 6.84. The van der Waals surface area contributed by atoms with E-state index in [0.717, 1.165) is 11.3 Å². The Bertz CT molecular complexity index is 872. The smallest absolute Gasteiger partial charge is 0.251 e. The van der Waals surface area contributed by atoms with E-state index in [1.807, 2.05) is 36.5 Å². The minimum absolute atomic E-state index is 0.276. The third-order valence-electron chi connectivity index (χ3n) is 3.65. The van der Waals surface area contributed by atoms with Crippen molar-refractivity contribution in [2.24, 2.45) is 0 Å². The number of hydrogen-bond acceptors (Lipinski definition) is 3. The number of aromatic nitrogens is 2. The van der Waals surface area contributed by atoms with Crippen molar-refractivity contribution in [3.8, 4) is 11.4 Å². The number of ether oxygens (including phenoxy) is 1. The van der Waals surface area contributed by atoms with Crippen LogP contribution in [0.2, 0.25) is 10.0 Å². The lowest BCUT2D eigenvalue weighted by molar-refractivity contribution is 0.0951. The second-order valence-electron chi connectivity index (χ2n) is 5.24. The SMILES string of the molecule is COc1c(Cl)cc(C(=O)NCc2ccccc2-n2cccn2)cc1Cl. The molecule has 0 aliphatic heterocycles. The van der Waals surface area contributed by atoms with Crippen LogP contribution in [0, 0.1) is 0 Å². The molecule has 3 aromatic rings. The molecular weight excluding hydrogens is 361 g/mol. The monoisotopic (exact) mass is 375 g/mol. The molecule has 0 spiro atoms. The van der Waals surface area contributed by atoms with Crippen molar-refractivity contribution in [3.63, 3.8) is 0 Å². The predicted octanol–water partition coefficient (Wildman–Crippen LogP) is 4.12. The highest BCUT2D eigenvalue weighted by molar-refractivity contribution is 6.37. The second kappa shape index (κ2) is 7.59. The normalized spacial score (nSPS) is 10.5. The molecule has 1 N–H and O–H groups in total. The van der Waals surface area contributed by atoms with Crippen LogP contribution < -0.4 is 10.1 Å². The predicted molar refractivity (Wildman–Crippen MR) is 97.7 cm³/mol. The number of nitrogens with one attached hydrogen (secondary N) is 1. The summed E-state index contributed by atoms with van der Waals surface area (Å²) in [5.41, 5.74) is 2.20. The van der Waals surface area contributed by atoms with E-state index in [0.29, 0.717) is 17.9 Å². The molecule has 0 bridgehead atoms. The first kappa shape index (κ1) is 17.3. The molecular formula is C18H15Cl2N3O2. The van der Waals surface area contributed by atoms with Gasteiger partial charge in [0.1, 0.15) is 0 Å². The molecule has 0 aliphatic carbocycles. The standard InChI is InChI=1S/C18H15Cl2N3O2/c1-25-17-14(19)9-13(10-15(17)20)18(24)21-11-12-5-2-3-6-16(12)23-8-4-7-22-23/h2-10H,11H2,1H3,(H,21,24). The minimum atomic E-state index is -0.276. The van der Waals surface area contributed by atoms with Crippen LogP contribution in [0.15, 0.2) is 54.9 Å². The van der Waals surface area contributed by atoms with Crippen molar-refractivity contribution in [2.45, 2.75) is 6.54 Å². The van der Waals surface area contributed by atoms with E-state index >= 15 is 0 Å². The molecule has 5 nitrogen and oxygen atoms in total. The number of rotatable bonds is 5. The van der Waals surface area contributed by atoms with E-state index in [-0.39, 0.29) is 16.0 Å². The van der Waals surface area contributed by atoms with Crippen LogP contribution in [-0.2, 0) is 6.54 Å². The maximum absolute atomic E-state index is 12.4. The Kier molecular flexibility index (Phi) is 5.26. The Morgan fingerprint density at radius 1 is 1.20 bits per heavy atom. The zero-order valence-corrected chi connectivity index (χ0v) is 14.9. The number of carbonyl (C=O) groups is 1. The van der Waals surface area contributed by atoms with Gasteiger partial charge in [-0.05, 0) is 29.8 Å². The highest BCUT2D eigenvalue weighted by Crippen LogP contribution is 2.33. The number of methoxy groups -OCH3 is 1. The van der Waals surface area contributed by atoms with Gasteiger partial charge in [0.05, 0.1) is 22.8 Å². The average Bonchev–Trinajstić information content (AvgIpc) is 3.14. The van der Waals surface area contributed by atoms with Gasteiger partial charge < -0.3 is 10.1 Å². The lowest BCUT2D eigenvalue weighted by atomic mass is 10.1. The Morgan fingerprint density at radius 2 is 1.92 bits per heavy atom. The van der Waals surface area contributed by atoms with Gasteiger partial charge in [-0.15, -0.1) is 0 Å². The molecule has 0 fully saturated rings. The first-order valence-corrected chi connectivity index (χ1v) is 8.25. The molecule has 128 valence electrons. The third kappa shape index (κ3) is 3.78. The van der Waals surface area contributed by atoms with Gasteiger partial charge in [-0.1, -0.05) is 41.4 Å². The molecule has 0 aliphatic rings. The maximum Gasteiger partial charge on any atom is 0.251 e. The third-order valence-corrected chi connectivity index (χ3v) is 4.21. The lowest BCUT2D eigenvalue weighted by Crippen LogP contribution is -2.23. The van der Waals surface area contributed by atoms with Crippen molar-refractivity contribution in [2.75, 3.05) is 7.11 Å². The van der Waals surface area contributed by atoms with E-state index < -0.39 is 0 Å². The fraction of sp³-hybridized carbons (Fsp3) is 0.111. The molecule has 2 aromatic carbocycles. The molecule has 0 unspecified atom stereocenters. The summed E-state index contributed by atoms with van der Waals surface area (Å²) in [6, 6.07) is 12.6. The molecule has 0 atom stereocenters. The first-order valence-electron chi connectivity index (χ1n) is 7.49. The van der Waals surface area contributed by atoms with Crippen molar-refractivity contribution >= 4 is 29.1 Å². The summed E-state index contributed by atoms with van der Waals surface area (Å²) in [4.78, 5) is 12.4. The van der Waals surface area contributed by atoms with Crippen LogP contribution in [0.5, 0.6) is 5.75 Å². The quantitative estimate of drug-likeness (QED) is 0.729. The molecule has 3 rings (SSSR count). The van der Waals surface area contributed by atoms with Gasteiger partial charge >= 0.3 is 0 Å². The molecule has 1 amide bonds. The highest BCUT2D eigenvalue weighted by atomic mass is 35.5. The van der Waals surface area contributed by atoms with Gasteiger partial charge in [-0.25, -0.2) is 4.68 Å². The van der Waals surface area contributed by atoms with Crippen LogP contribution in [-0.4, -0.2) is 22.8 Å². The summed E-state index contributed by atoms with van der Waals surface area (Å²) in [7, 11) is 1.47. The van der Waals surface area contributed by atoms with Gasteiger partial charge in [0.25, 0.3) is 5.91 Å². The van der Waals surface area contributed by atoms with E-state index in [2.05, 4.69) is 10.4 Å². The number of halogens is 2. The van der Waals surface area contributed by atoms with Gasteiger partial charge in [-0.3, -0.25) is 4.79 Å². The Morgan fingerprint density at radius 3 is 2.56 bits per heavy atom. The number of para-hydroxylation sites is 1. The maximum atomic E-state index is 12.4. The Labute approximate surface area is 155 Å². The number of hydrogen-bond donors (Lipinski definition) is 1. The first-order chi connectivity index (χ1) is 12.1.